The van der Waals surface area contributed by atoms with E-state index in [2.05, 4.69) is 52.8 Å². The van der Waals surface area contributed by atoms with Crippen LogP contribution in [-0.4, -0.2) is 16.7 Å². The topological polar surface area (TPSA) is 59.2 Å². The van der Waals surface area contributed by atoms with Crippen molar-refractivity contribution in [2.45, 2.75) is 13.8 Å². The molecule has 0 aliphatic carbocycles. The first-order chi connectivity index (χ1) is 10.8. The quantitative estimate of drug-likeness (QED) is 0.265. The van der Waals surface area contributed by atoms with E-state index >= 15 is 0 Å². The van der Waals surface area contributed by atoms with Gasteiger partial charge in [0.2, 0.25) is 5.78 Å². The summed E-state index contributed by atoms with van der Waals surface area (Å²) in [6.07, 6.45) is 2.87. The van der Waals surface area contributed by atoms with E-state index in [1.807, 2.05) is 6.92 Å². The van der Waals surface area contributed by atoms with E-state index in [9.17, 15) is 9.59 Å². The molecule has 0 radical (unpaired) electrons. The van der Waals surface area contributed by atoms with Gasteiger partial charge in [0.1, 0.15) is 11.4 Å². The molecular weight excluding hydrogens is 494 g/mol. The van der Waals surface area contributed by atoms with Crippen molar-refractivity contribution in [2.75, 3.05) is 0 Å². The van der Waals surface area contributed by atoms with E-state index in [4.69, 9.17) is 4.74 Å². The Hall–Kier alpha value is -1.18. The Morgan fingerprint density at radius 2 is 1.87 bits per heavy atom. The summed E-state index contributed by atoms with van der Waals surface area (Å²) < 4.78 is 7.22. The standard InChI is InChI=1S/C16H12Br3NO3/c1-3-4-11(21)23-10-6-5-8(2)7-9(10)15(22)14-12(17)13(18)16(19)20-14/h3-7,20H,1-2H3. The van der Waals surface area contributed by atoms with Crippen LogP contribution >= 0.6 is 47.8 Å². The highest BCUT2D eigenvalue weighted by atomic mass is 79.9. The molecule has 0 saturated heterocycles. The predicted octanol–water partition coefficient (Wildman–Crippen LogP) is 5.32. The van der Waals surface area contributed by atoms with Gasteiger partial charge in [-0.05, 0) is 73.8 Å². The molecule has 0 atom stereocenters. The molecule has 0 aliphatic heterocycles. The summed E-state index contributed by atoms with van der Waals surface area (Å²) in [5, 5.41) is 0. The number of benzene rings is 1. The van der Waals surface area contributed by atoms with Crippen LogP contribution in [0.1, 0.15) is 28.5 Å². The third-order valence-electron chi connectivity index (χ3n) is 2.96. The number of esters is 1. The monoisotopic (exact) mass is 503 g/mol. The van der Waals surface area contributed by atoms with Gasteiger partial charge in [0.15, 0.2) is 0 Å². The smallest absolute Gasteiger partial charge is 0.335 e. The minimum absolute atomic E-state index is 0.220. The maximum absolute atomic E-state index is 12.8. The van der Waals surface area contributed by atoms with E-state index < -0.39 is 5.97 Å². The third kappa shape index (κ3) is 4.02. The zero-order valence-electron chi connectivity index (χ0n) is 12.2. The molecule has 0 amide bonds. The van der Waals surface area contributed by atoms with Gasteiger partial charge in [0.25, 0.3) is 0 Å². The maximum Gasteiger partial charge on any atom is 0.335 e. The van der Waals surface area contributed by atoms with Crippen LogP contribution in [0, 0.1) is 6.92 Å². The first-order valence-corrected chi connectivity index (χ1v) is 8.95. The molecule has 0 aliphatic rings. The number of aromatic amines is 1. The van der Waals surface area contributed by atoms with Gasteiger partial charge in [-0.15, -0.1) is 0 Å². The van der Waals surface area contributed by atoms with E-state index in [0.717, 1.165) is 5.56 Å². The van der Waals surface area contributed by atoms with Crippen molar-refractivity contribution in [1.29, 1.82) is 0 Å². The fraction of sp³-hybridized carbons (Fsp3) is 0.125. The van der Waals surface area contributed by atoms with E-state index in [1.165, 1.54) is 6.08 Å². The highest BCUT2D eigenvalue weighted by Gasteiger charge is 2.23. The van der Waals surface area contributed by atoms with Gasteiger partial charge in [-0.1, -0.05) is 17.7 Å². The molecule has 0 spiro atoms. The van der Waals surface area contributed by atoms with Crippen molar-refractivity contribution in [3.8, 4) is 5.75 Å². The van der Waals surface area contributed by atoms with Crippen LogP contribution < -0.4 is 4.74 Å². The van der Waals surface area contributed by atoms with Crippen LogP contribution in [0.2, 0.25) is 0 Å². The fourth-order valence-electron chi connectivity index (χ4n) is 1.91. The zero-order valence-corrected chi connectivity index (χ0v) is 17.0. The molecule has 0 unspecified atom stereocenters. The average Bonchev–Trinajstić information content (AvgIpc) is 2.76. The molecule has 4 nitrogen and oxygen atoms in total. The van der Waals surface area contributed by atoms with Gasteiger partial charge < -0.3 is 9.72 Å². The summed E-state index contributed by atoms with van der Waals surface area (Å²) in [5.41, 5.74) is 1.56. The number of aromatic nitrogens is 1. The highest BCUT2D eigenvalue weighted by Crippen LogP contribution is 2.36. The minimum Gasteiger partial charge on any atom is -0.423 e. The highest BCUT2D eigenvalue weighted by molar-refractivity contribution is 9.14. The van der Waals surface area contributed by atoms with Crippen molar-refractivity contribution < 1.29 is 14.3 Å². The number of carbonyl (C=O) groups excluding carboxylic acids is 2. The van der Waals surface area contributed by atoms with Crippen LogP contribution in [-0.2, 0) is 4.79 Å². The molecule has 1 N–H and O–H groups in total. The number of ether oxygens (including phenoxy) is 1. The van der Waals surface area contributed by atoms with Gasteiger partial charge in [-0.25, -0.2) is 4.79 Å². The maximum atomic E-state index is 12.8. The zero-order chi connectivity index (χ0) is 17.1. The summed E-state index contributed by atoms with van der Waals surface area (Å²) in [7, 11) is 0. The lowest BCUT2D eigenvalue weighted by molar-refractivity contribution is -0.129. The second-order valence-corrected chi connectivity index (χ2v) is 7.07. The molecule has 0 fully saturated rings. The Balaban J connectivity index is 2.48. The summed E-state index contributed by atoms with van der Waals surface area (Å²) in [4.78, 5) is 27.5. The number of hydrogen-bond acceptors (Lipinski definition) is 3. The Bertz CT molecular complexity index is 809. The second kappa shape index (κ2) is 7.59. The molecule has 23 heavy (non-hydrogen) atoms. The summed E-state index contributed by atoms with van der Waals surface area (Å²) in [6.45, 7) is 3.58. The number of H-pyrrole nitrogens is 1. The number of hydrogen-bond donors (Lipinski definition) is 1. The molecule has 120 valence electrons. The number of ketones is 1. The first kappa shape index (κ1) is 18.2. The van der Waals surface area contributed by atoms with Crippen molar-refractivity contribution in [1.82, 2.24) is 4.98 Å². The van der Waals surface area contributed by atoms with Gasteiger partial charge in [-0.3, -0.25) is 4.79 Å². The molecule has 1 aromatic carbocycles. The van der Waals surface area contributed by atoms with E-state index in [1.54, 1.807) is 31.2 Å². The number of allylic oxidation sites excluding steroid dienone is 1. The van der Waals surface area contributed by atoms with Crippen LogP contribution in [0.3, 0.4) is 0 Å². The SMILES string of the molecule is CC=CC(=O)Oc1ccc(C)cc1C(=O)c1[nH]c(Br)c(Br)c1Br. The third-order valence-corrected chi connectivity index (χ3v) is 6.20. The molecule has 1 heterocycles. The van der Waals surface area contributed by atoms with E-state index in [-0.39, 0.29) is 11.5 Å². The number of rotatable bonds is 4. The van der Waals surface area contributed by atoms with Crippen molar-refractivity contribution >= 4 is 59.5 Å². The van der Waals surface area contributed by atoms with Crippen molar-refractivity contribution in [3.05, 3.63) is 60.7 Å². The predicted molar refractivity (Wildman–Crippen MR) is 99.0 cm³/mol. The minimum atomic E-state index is -0.529. The molecule has 0 saturated carbocycles. The van der Waals surface area contributed by atoms with Crippen LogP contribution in [0.25, 0.3) is 0 Å². The normalized spacial score (nSPS) is 11.0. The molecule has 0 bridgehead atoms. The Labute approximate surface area is 158 Å². The number of halogens is 3. The molecular formula is C16H12Br3NO3. The Morgan fingerprint density at radius 3 is 2.43 bits per heavy atom. The molecule has 2 aromatic rings. The summed E-state index contributed by atoms with van der Waals surface area (Å²) in [5.74, 6) is -0.592. The number of nitrogens with one attached hydrogen (secondary N) is 1. The largest absolute Gasteiger partial charge is 0.423 e. The fourth-order valence-corrected chi connectivity index (χ4v) is 3.34. The Kier molecular flexibility index (Phi) is 6.00. The van der Waals surface area contributed by atoms with Crippen LogP contribution in [0.5, 0.6) is 5.75 Å². The Morgan fingerprint density at radius 1 is 1.17 bits per heavy atom. The van der Waals surface area contributed by atoms with Crippen molar-refractivity contribution in [3.63, 3.8) is 0 Å². The summed E-state index contributed by atoms with van der Waals surface area (Å²) in [6, 6.07) is 5.09. The number of aryl methyl sites for hydroxylation is 1. The van der Waals surface area contributed by atoms with Crippen LogP contribution in [0.15, 0.2) is 43.9 Å². The first-order valence-electron chi connectivity index (χ1n) is 6.57. The molecule has 7 heteroatoms. The van der Waals surface area contributed by atoms with Gasteiger partial charge in [0.05, 0.1) is 19.1 Å². The molecule has 1 aromatic heterocycles. The van der Waals surface area contributed by atoms with Gasteiger partial charge >= 0.3 is 5.97 Å². The lowest BCUT2D eigenvalue weighted by Gasteiger charge is -2.09. The second-order valence-electron chi connectivity index (χ2n) is 4.69. The van der Waals surface area contributed by atoms with Gasteiger partial charge in [0, 0.05) is 6.08 Å². The molecule has 2 rings (SSSR count). The lowest BCUT2D eigenvalue weighted by atomic mass is 10.0. The van der Waals surface area contributed by atoms with Gasteiger partial charge in [-0.2, -0.15) is 0 Å². The number of carbonyl (C=O) groups is 2. The average molecular weight is 506 g/mol. The lowest BCUT2D eigenvalue weighted by Crippen LogP contribution is -2.10. The van der Waals surface area contributed by atoms with E-state index in [0.29, 0.717) is 24.8 Å². The summed E-state index contributed by atoms with van der Waals surface area (Å²) >= 11 is 10.1. The van der Waals surface area contributed by atoms with Crippen LogP contribution in [0.4, 0.5) is 0 Å². The van der Waals surface area contributed by atoms with Crippen molar-refractivity contribution in [2.24, 2.45) is 0 Å².